The topological polar surface area (TPSA) is 285 Å². The van der Waals surface area contributed by atoms with Crippen molar-refractivity contribution >= 4 is 101 Å². The lowest BCUT2D eigenvalue weighted by Crippen LogP contribution is -2.61. The number of carbonyl (C=O) groups is 3. The zero-order valence-electron chi connectivity index (χ0n) is 75.5. The van der Waals surface area contributed by atoms with Gasteiger partial charge in [-0.05, 0) is 209 Å². The quantitative estimate of drug-likeness (QED) is 0.0685. The van der Waals surface area contributed by atoms with Crippen LogP contribution in [0.15, 0.2) is 327 Å². The lowest BCUT2D eigenvalue weighted by Gasteiger charge is -2.51. The summed E-state index contributed by atoms with van der Waals surface area (Å²) in [4.78, 5) is 42.3. The molecule has 18 rings (SSSR count). The Bertz CT molecular complexity index is 7180. The van der Waals surface area contributed by atoms with Crippen LogP contribution in [0.25, 0.3) is 0 Å². The Labute approximate surface area is 804 Å². The van der Waals surface area contributed by atoms with Gasteiger partial charge in [0.2, 0.25) is 60.1 Å². The van der Waals surface area contributed by atoms with Gasteiger partial charge in [0.25, 0.3) is 0 Å². The molecular formula is C104H102Cl2F2N6O16S6. The molecule has 136 heavy (non-hydrogen) atoms. The second-order valence-corrected chi connectivity index (χ2v) is 47.5. The molecule has 0 N–H and O–H groups in total. The first-order valence-electron chi connectivity index (χ1n) is 44.6. The number of piperidine rings is 6. The van der Waals surface area contributed by atoms with Crippen LogP contribution in [0.5, 0.6) is 5.75 Å². The first-order valence-corrected chi connectivity index (χ1v) is 54.0. The summed E-state index contributed by atoms with van der Waals surface area (Å²) in [6, 6.07) is 72.5. The van der Waals surface area contributed by atoms with E-state index in [9.17, 15) is 64.9 Å². The third-order valence-electron chi connectivity index (χ3n) is 27.0. The number of methoxy groups -OCH3 is 1. The monoisotopic (exact) mass is 1990 g/mol. The summed E-state index contributed by atoms with van der Waals surface area (Å²) in [7, 11) is -23.5. The number of ether oxygens (including phenoxy) is 1. The molecule has 6 aliphatic heterocycles. The molecule has 0 unspecified atom stereocenters. The van der Waals surface area contributed by atoms with E-state index in [2.05, 4.69) is 0 Å². The molecule has 6 fully saturated rings. The Morgan fingerprint density at radius 1 is 0.301 bits per heavy atom. The summed E-state index contributed by atoms with van der Waals surface area (Å²) < 4.78 is 217. The average Bonchev–Trinajstić information content (AvgIpc) is 0.726. The van der Waals surface area contributed by atoms with Gasteiger partial charge in [-0.15, -0.1) is 0 Å². The molecule has 0 amide bonds. The Morgan fingerprint density at radius 2 is 0.551 bits per heavy atom. The van der Waals surface area contributed by atoms with Gasteiger partial charge in [0.15, 0.2) is 0 Å². The number of aryl methyl sites for hydroxylation is 6. The van der Waals surface area contributed by atoms with Crippen molar-refractivity contribution in [2.75, 3.05) is 26.7 Å². The Morgan fingerprint density at radius 3 is 0.875 bits per heavy atom. The number of sulfonamides is 6. The minimum Gasteiger partial charge on any atom is -0.497 e. The third kappa shape index (κ3) is 19.8. The number of ketones is 3. The number of benzene rings is 12. The van der Waals surface area contributed by atoms with Gasteiger partial charge in [0.1, 0.15) is 34.7 Å². The standard InChI is InChI=1S/C36H37ClN2O5S2.C34H32ClFN2O5S2.C34H33FN2O6S2/c1-4-26-9-11-28(12-10-26)34-22-36(40)32-23-38(45(41,42)30-17-5-24(2)6-18-30)33(27-13-15-29(37)16-14-27)21-35(32)39(34)46(43,44)31-19-7-25(3)8-20-31;1-22-7-11-24(12-8-22)31-20-34(39)29-21-37(44(40,41)26-15-9-23(2)10-16-26)32(28-5-3-4-6-30(28)36)19-33(29)38(31)45(42,43)27-17-13-25(35)14-18-27;1-23-12-18-27(19-13-23)44(39,40)36-22-29-33(20-32(36)28-10-6-7-11-30(28)35)37(45(41,42)26-8-4-3-5-9-26)31(21-34(29)38)24-14-16-25(43-2)17-15-24/h5-20,32-35H,4,21-23H2,1-3H3;3-18,29,31-33H,19-21H2,1-2H3;3-19,29,31-33H,20-22H2,1-2H3/t32-,33+,34+,35+;2*29-,31+,32+,33+/m111/s1. The summed E-state index contributed by atoms with van der Waals surface area (Å²) >= 11 is 12.3. The molecule has 6 heterocycles. The number of hydrogen-bond donors (Lipinski definition) is 0. The summed E-state index contributed by atoms with van der Waals surface area (Å²) in [5.74, 6) is -4.10. The van der Waals surface area contributed by atoms with Gasteiger partial charge in [0, 0.05) is 95.9 Å². The van der Waals surface area contributed by atoms with Crippen molar-refractivity contribution in [2.45, 2.75) is 170 Å². The van der Waals surface area contributed by atoms with Gasteiger partial charge in [-0.1, -0.05) is 234 Å². The van der Waals surface area contributed by atoms with Crippen molar-refractivity contribution in [1.29, 1.82) is 0 Å². The fourth-order valence-electron chi connectivity index (χ4n) is 19.7. The smallest absolute Gasteiger partial charge is 0.243 e. The highest BCUT2D eigenvalue weighted by Crippen LogP contribution is 2.54. The molecule has 12 aromatic rings. The number of fused-ring (bicyclic) bond motifs is 3. The second kappa shape index (κ2) is 40.1. The van der Waals surface area contributed by atoms with Crippen molar-refractivity contribution in [3.05, 3.63) is 386 Å². The van der Waals surface area contributed by atoms with E-state index in [0.717, 1.165) is 45.4 Å². The van der Waals surface area contributed by atoms with E-state index in [1.807, 2.05) is 90.1 Å². The number of hydrogen-bond acceptors (Lipinski definition) is 16. The molecule has 12 aromatic carbocycles. The number of halogens is 4. The van der Waals surface area contributed by atoms with Gasteiger partial charge in [-0.3, -0.25) is 14.4 Å². The van der Waals surface area contributed by atoms with E-state index >= 15 is 8.78 Å². The van der Waals surface area contributed by atoms with Crippen LogP contribution < -0.4 is 4.74 Å². The molecule has 0 saturated carbocycles. The average molecular weight is 1990 g/mol. The van der Waals surface area contributed by atoms with Crippen LogP contribution in [0.1, 0.15) is 148 Å². The largest absolute Gasteiger partial charge is 0.497 e. The number of nitrogens with zero attached hydrogens (tertiary/aromatic N) is 6. The maximum Gasteiger partial charge on any atom is 0.243 e. The maximum atomic E-state index is 15.5. The van der Waals surface area contributed by atoms with Crippen molar-refractivity contribution in [3.8, 4) is 5.75 Å². The van der Waals surface area contributed by atoms with E-state index in [0.29, 0.717) is 32.5 Å². The first-order chi connectivity index (χ1) is 64.8. The first kappa shape index (κ1) is 98.4. The summed E-state index contributed by atoms with van der Waals surface area (Å²) in [6.45, 7) is 10.7. The molecule has 6 saturated heterocycles. The molecule has 12 atom stereocenters. The van der Waals surface area contributed by atoms with Gasteiger partial charge >= 0.3 is 0 Å². The van der Waals surface area contributed by atoms with Crippen LogP contribution in [-0.2, 0) is 80.9 Å². The Hall–Kier alpha value is -10.7. The van der Waals surface area contributed by atoms with Gasteiger partial charge in [0.05, 0.1) is 72.7 Å². The molecular weight excluding hydrogens is 1890 g/mol. The zero-order chi connectivity index (χ0) is 96.8. The van der Waals surface area contributed by atoms with E-state index < -0.39 is 144 Å². The lowest BCUT2D eigenvalue weighted by molar-refractivity contribution is -0.133. The molecule has 6 aliphatic rings. The van der Waals surface area contributed by atoms with Crippen molar-refractivity contribution in [3.63, 3.8) is 0 Å². The molecule has 708 valence electrons. The predicted octanol–water partition coefficient (Wildman–Crippen LogP) is 19.3. The summed E-state index contributed by atoms with van der Waals surface area (Å²) in [6.07, 6.45) is 0.328. The van der Waals surface area contributed by atoms with Crippen molar-refractivity contribution in [2.24, 2.45) is 17.8 Å². The normalized spacial score (nSPS) is 22.9. The molecule has 0 aromatic heterocycles. The van der Waals surface area contributed by atoms with Gasteiger partial charge in [-0.25, -0.2) is 59.3 Å². The van der Waals surface area contributed by atoms with Crippen LogP contribution in [0.3, 0.4) is 0 Å². The fraction of sp³-hybridized carbons (Fsp3) is 0.279. The van der Waals surface area contributed by atoms with Crippen LogP contribution in [0.4, 0.5) is 8.78 Å². The minimum atomic E-state index is -4.24. The predicted molar refractivity (Wildman–Crippen MR) is 517 cm³/mol. The van der Waals surface area contributed by atoms with Gasteiger partial charge < -0.3 is 4.74 Å². The van der Waals surface area contributed by atoms with Crippen LogP contribution in [0, 0.1) is 64.0 Å². The minimum absolute atomic E-state index is 0.00532. The number of carbonyl (C=O) groups excluding carboxylic acids is 3. The molecule has 32 heteroatoms. The van der Waals surface area contributed by atoms with Crippen molar-refractivity contribution < 1.29 is 78.4 Å². The highest BCUT2D eigenvalue weighted by atomic mass is 35.5. The zero-order valence-corrected chi connectivity index (χ0v) is 81.9. The highest BCUT2D eigenvalue weighted by molar-refractivity contribution is 7.90. The molecule has 0 spiro atoms. The number of rotatable bonds is 20. The molecule has 0 bridgehead atoms. The molecule has 0 aliphatic carbocycles. The molecule has 0 radical (unpaired) electrons. The fourth-order valence-corrected chi connectivity index (χ4v) is 30.5. The Kier molecular flexibility index (Phi) is 29.0. The maximum absolute atomic E-state index is 15.5. The third-order valence-corrected chi connectivity index (χ3v) is 39.0. The summed E-state index contributed by atoms with van der Waals surface area (Å²) in [5, 5.41) is 0.863. The highest BCUT2D eigenvalue weighted by Gasteiger charge is 2.59. The van der Waals surface area contributed by atoms with Crippen LogP contribution in [-0.4, -0.2) is 139 Å². The van der Waals surface area contributed by atoms with E-state index in [-0.39, 0.29) is 116 Å². The molecule has 22 nitrogen and oxygen atoms in total. The summed E-state index contributed by atoms with van der Waals surface area (Å²) in [5.41, 5.74) is 8.53. The van der Waals surface area contributed by atoms with Gasteiger partial charge in [-0.2, -0.15) is 25.8 Å². The van der Waals surface area contributed by atoms with Crippen LogP contribution in [0.2, 0.25) is 10.0 Å². The van der Waals surface area contributed by atoms with E-state index in [1.54, 1.807) is 152 Å². The van der Waals surface area contributed by atoms with E-state index in [1.165, 1.54) is 130 Å². The number of Topliss-reactive ketones (excluding diaryl/α,β-unsaturated/α-hetero) is 3. The van der Waals surface area contributed by atoms with Crippen LogP contribution >= 0.6 is 23.2 Å². The second-order valence-electron chi connectivity index (χ2n) is 35.5. The Balaban J connectivity index is 0.000000148. The lowest BCUT2D eigenvalue weighted by atomic mass is 9.77. The van der Waals surface area contributed by atoms with E-state index in [4.69, 9.17) is 27.9 Å². The SMILES string of the molecule is CCc1ccc([C@@H]2CC(=O)[C@@H]3CN(S(=O)(=O)c4ccc(C)cc4)[C@H](c4ccc(Cl)cc4)C[C@@H]3N2S(=O)(=O)c2ccc(C)cc2)cc1.COc1ccc([C@@H]2CC(=O)[C@@H]3CN(S(=O)(=O)c4ccc(C)cc4)[C@H](c4ccccc4F)C[C@@H]3N2S(=O)(=O)c2ccccc2)cc1.Cc1ccc([C@@H]2CC(=O)[C@@H]3CN(S(=O)(=O)c4ccc(C)cc4)[C@H](c4ccccc4F)C[C@@H]3N2S(=O)(=O)c2ccc(Cl)cc2)cc1. The van der Waals surface area contributed by atoms with Crippen molar-refractivity contribution in [1.82, 2.24) is 25.8 Å².